The van der Waals surface area contributed by atoms with Crippen LogP contribution < -0.4 is 4.90 Å². The molecule has 5 rings (SSSR count). The van der Waals surface area contributed by atoms with E-state index in [1.54, 1.807) is 28.5 Å². The van der Waals surface area contributed by atoms with E-state index < -0.39 is 28.7 Å². The molecular weight excluding hydrogens is 462 g/mol. The monoisotopic (exact) mass is 495 g/mol. The Morgan fingerprint density at radius 3 is 2.57 bits per heavy atom. The van der Waals surface area contributed by atoms with Gasteiger partial charge in [-0.1, -0.05) is 55.8 Å². The third kappa shape index (κ3) is 3.73. The molecule has 6 atom stereocenters. The molecule has 0 radical (unpaired) electrons. The van der Waals surface area contributed by atoms with E-state index in [1.165, 1.54) is 0 Å². The largest absolute Gasteiger partial charge is 0.394 e. The summed E-state index contributed by atoms with van der Waals surface area (Å²) in [4.78, 5) is 47.3. The summed E-state index contributed by atoms with van der Waals surface area (Å²) < 4.78 is -0.840. The van der Waals surface area contributed by atoms with Gasteiger partial charge in [0.15, 0.2) is 0 Å². The standard InChI is InChI=1S/C27H33N3O4S/c1-3-4-14-28-15-9-13-27-22(25(33)30(18(2)17-31)23(27)26(28)34)21-20(35-27)12-8-16-29(24(21)32)19-10-6-5-7-11-19/h5-13,18,20-23,31H,3-4,14-17H2,1-2H3/t18-,20-,21+,22+,23?,27+/m1/s1. The lowest BCUT2D eigenvalue weighted by atomic mass is 9.78. The maximum atomic E-state index is 14.1. The Hall–Kier alpha value is -2.58. The fraction of sp³-hybridized carbons (Fsp3) is 0.519. The van der Waals surface area contributed by atoms with Crippen molar-refractivity contribution in [3.8, 4) is 0 Å². The van der Waals surface area contributed by atoms with Gasteiger partial charge in [0, 0.05) is 30.6 Å². The zero-order valence-corrected chi connectivity index (χ0v) is 21.1. The molecule has 4 aliphatic heterocycles. The van der Waals surface area contributed by atoms with Gasteiger partial charge in [-0.15, -0.1) is 11.8 Å². The Bertz CT molecular complexity index is 1060. The number of aliphatic hydroxyl groups excluding tert-OH is 1. The molecule has 3 amide bonds. The minimum absolute atomic E-state index is 0.0834. The van der Waals surface area contributed by atoms with Crippen LogP contribution in [0.15, 0.2) is 54.6 Å². The lowest BCUT2D eigenvalue weighted by molar-refractivity contribution is -0.145. The van der Waals surface area contributed by atoms with Crippen molar-refractivity contribution in [2.45, 2.75) is 48.8 Å². The van der Waals surface area contributed by atoms with Gasteiger partial charge in [-0.25, -0.2) is 0 Å². The number of thioether (sulfide) groups is 1. The van der Waals surface area contributed by atoms with Gasteiger partial charge >= 0.3 is 0 Å². The summed E-state index contributed by atoms with van der Waals surface area (Å²) in [5.74, 6) is -1.61. The average molecular weight is 496 g/mol. The molecule has 8 heteroatoms. The predicted octanol–water partition coefficient (Wildman–Crippen LogP) is 2.47. The summed E-state index contributed by atoms with van der Waals surface area (Å²) in [6.45, 7) is 5.20. The summed E-state index contributed by atoms with van der Waals surface area (Å²) in [7, 11) is 0. The number of carbonyl (C=O) groups is 3. The van der Waals surface area contributed by atoms with Crippen molar-refractivity contribution in [1.82, 2.24) is 9.80 Å². The number of hydrogen-bond donors (Lipinski definition) is 1. The van der Waals surface area contributed by atoms with Gasteiger partial charge in [-0.05, 0) is 25.5 Å². The summed E-state index contributed by atoms with van der Waals surface area (Å²) in [5, 5.41) is 9.82. The number of hydrogen-bond acceptors (Lipinski definition) is 5. The van der Waals surface area contributed by atoms with Crippen LogP contribution in [0.25, 0.3) is 0 Å². The molecule has 0 bridgehead atoms. The normalized spacial score (nSPS) is 32.9. The van der Waals surface area contributed by atoms with Gasteiger partial charge in [0.1, 0.15) is 6.04 Å². The Labute approximate surface area is 210 Å². The Kier molecular flexibility index (Phi) is 6.53. The van der Waals surface area contributed by atoms with Crippen molar-refractivity contribution in [2.24, 2.45) is 11.8 Å². The number of rotatable bonds is 6. The molecule has 186 valence electrons. The van der Waals surface area contributed by atoms with Crippen LogP contribution in [0.3, 0.4) is 0 Å². The maximum absolute atomic E-state index is 14.1. The highest BCUT2D eigenvalue weighted by Crippen LogP contribution is 2.61. The van der Waals surface area contributed by atoms with E-state index in [1.807, 2.05) is 59.5 Å². The van der Waals surface area contributed by atoms with E-state index in [9.17, 15) is 19.5 Å². The van der Waals surface area contributed by atoms with Crippen LogP contribution in [0.5, 0.6) is 0 Å². The highest BCUT2D eigenvalue weighted by atomic mass is 32.2. The van der Waals surface area contributed by atoms with Crippen molar-refractivity contribution < 1.29 is 19.5 Å². The van der Waals surface area contributed by atoms with E-state index in [0.29, 0.717) is 19.6 Å². The molecule has 2 saturated heterocycles. The van der Waals surface area contributed by atoms with E-state index >= 15 is 0 Å². The zero-order valence-electron chi connectivity index (χ0n) is 20.2. The van der Waals surface area contributed by atoms with Gasteiger partial charge < -0.3 is 19.8 Å². The Morgan fingerprint density at radius 1 is 1.09 bits per heavy atom. The Morgan fingerprint density at radius 2 is 1.86 bits per heavy atom. The lowest BCUT2D eigenvalue weighted by Crippen LogP contribution is -2.56. The van der Waals surface area contributed by atoms with Gasteiger partial charge in [0.25, 0.3) is 0 Å². The second-order valence-corrected chi connectivity index (χ2v) is 11.4. The van der Waals surface area contributed by atoms with Crippen LogP contribution in [0, 0.1) is 11.8 Å². The van der Waals surface area contributed by atoms with Crippen molar-refractivity contribution >= 4 is 35.2 Å². The molecule has 4 aliphatic rings. The zero-order chi connectivity index (χ0) is 24.7. The molecule has 2 fully saturated rings. The van der Waals surface area contributed by atoms with Crippen molar-refractivity contribution in [2.75, 3.05) is 31.1 Å². The quantitative estimate of drug-likeness (QED) is 0.614. The molecule has 35 heavy (non-hydrogen) atoms. The highest BCUT2D eigenvalue weighted by Gasteiger charge is 2.71. The predicted molar refractivity (Wildman–Crippen MR) is 137 cm³/mol. The first kappa shape index (κ1) is 24.1. The smallest absolute Gasteiger partial charge is 0.247 e. The van der Waals surface area contributed by atoms with E-state index in [4.69, 9.17) is 0 Å². The SMILES string of the molecule is CCCCN1CC=C[C@]23S[C@@H]4C=CCN(c5ccccc5)C(=O)[C@@H]4[C@H]2C(=O)N([C@H](C)CO)C3C1=O. The van der Waals surface area contributed by atoms with Crippen molar-refractivity contribution in [1.29, 1.82) is 0 Å². The first-order valence-corrected chi connectivity index (χ1v) is 13.4. The minimum Gasteiger partial charge on any atom is -0.394 e. The van der Waals surface area contributed by atoms with Crippen LogP contribution in [-0.2, 0) is 14.4 Å². The van der Waals surface area contributed by atoms with Gasteiger partial charge in [0.2, 0.25) is 17.7 Å². The van der Waals surface area contributed by atoms with E-state index in [2.05, 4.69) is 6.92 Å². The molecule has 1 unspecified atom stereocenters. The molecule has 4 heterocycles. The number of aliphatic hydroxyl groups is 1. The van der Waals surface area contributed by atoms with Crippen LogP contribution in [0.4, 0.5) is 5.69 Å². The number of benzene rings is 1. The lowest BCUT2D eigenvalue weighted by Gasteiger charge is -2.37. The van der Waals surface area contributed by atoms with Crippen LogP contribution >= 0.6 is 11.8 Å². The fourth-order valence-corrected chi connectivity index (χ4v) is 8.07. The summed E-state index contributed by atoms with van der Waals surface area (Å²) in [5.41, 5.74) is 0.801. The fourth-order valence-electron chi connectivity index (χ4n) is 6.08. The first-order valence-electron chi connectivity index (χ1n) is 12.5. The third-order valence-electron chi connectivity index (χ3n) is 7.77. The second kappa shape index (κ2) is 9.47. The van der Waals surface area contributed by atoms with E-state index in [-0.39, 0.29) is 29.6 Å². The van der Waals surface area contributed by atoms with Crippen molar-refractivity contribution in [3.63, 3.8) is 0 Å². The number of para-hydroxylation sites is 1. The Balaban J connectivity index is 1.59. The molecule has 1 aromatic rings. The third-order valence-corrected chi connectivity index (χ3v) is 9.51. The molecular formula is C27H33N3O4S. The van der Waals surface area contributed by atoms with Crippen LogP contribution in [0.2, 0.25) is 0 Å². The number of anilines is 1. The molecule has 0 aliphatic carbocycles. The number of nitrogens with zero attached hydrogens (tertiary/aromatic N) is 3. The number of carbonyl (C=O) groups excluding carboxylic acids is 3. The second-order valence-electron chi connectivity index (χ2n) is 9.87. The maximum Gasteiger partial charge on any atom is 0.247 e. The van der Waals surface area contributed by atoms with Crippen LogP contribution in [-0.4, -0.2) is 80.9 Å². The number of unbranched alkanes of at least 4 members (excludes halogenated alkanes) is 1. The molecule has 1 aromatic carbocycles. The molecule has 0 aromatic heterocycles. The molecule has 1 N–H and O–H groups in total. The summed E-state index contributed by atoms with van der Waals surface area (Å²) in [6.07, 6.45) is 9.94. The van der Waals surface area contributed by atoms with Gasteiger partial charge in [0.05, 0.1) is 29.2 Å². The molecule has 0 saturated carbocycles. The number of fused-ring (bicyclic) bond motifs is 2. The first-order chi connectivity index (χ1) is 16.9. The highest BCUT2D eigenvalue weighted by molar-refractivity contribution is 8.02. The van der Waals surface area contributed by atoms with Crippen LogP contribution in [0.1, 0.15) is 26.7 Å². The number of amides is 3. The van der Waals surface area contributed by atoms with Gasteiger partial charge in [-0.2, -0.15) is 0 Å². The summed E-state index contributed by atoms with van der Waals surface area (Å²) >= 11 is 1.58. The molecule has 7 nitrogen and oxygen atoms in total. The average Bonchev–Trinajstić information content (AvgIpc) is 3.19. The topological polar surface area (TPSA) is 81.2 Å². The summed E-state index contributed by atoms with van der Waals surface area (Å²) in [6, 6.07) is 8.28. The van der Waals surface area contributed by atoms with E-state index in [0.717, 1.165) is 18.5 Å². The van der Waals surface area contributed by atoms with Crippen molar-refractivity contribution in [3.05, 3.63) is 54.6 Å². The molecule has 1 spiro atoms. The minimum atomic E-state index is -0.840. The number of likely N-dealkylation sites (tertiary alicyclic amines) is 1. The van der Waals surface area contributed by atoms with Gasteiger partial charge in [-0.3, -0.25) is 14.4 Å².